The summed E-state index contributed by atoms with van der Waals surface area (Å²) in [6.07, 6.45) is 0.562. The van der Waals surface area contributed by atoms with E-state index < -0.39 is 22.3 Å². The topological polar surface area (TPSA) is 92.5 Å². The second kappa shape index (κ2) is 5.64. The van der Waals surface area contributed by atoms with Crippen LogP contribution in [0.5, 0.6) is 0 Å². The van der Waals surface area contributed by atoms with Crippen LogP contribution in [0.4, 0.5) is 10.1 Å². The molecule has 1 aliphatic heterocycles. The number of nitrogens with zero attached hydrogens (tertiary/aromatic N) is 2. The van der Waals surface area contributed by atoms with Crippen LogP contribution in [0.15, 0.2) is 18.2 Å². The number of hydrogen-bond acceptors (Lipinski definition) is 4. The lowest BCUT2D eigenvalue weighted by Crippen LogP contribution is -2.37. The van der Waals surface area contributed by atoms with Gasteiger partial charge in [0.25, 0.3) is 11.6 Å². The molecule has 0 spiro atoms. The molecule has 0 unspecified atom stereocenters. The average molecular weight is 281 g/mol. The second-order valence-electron chi connectivity index (χ2n) is 4.35. The molecular formula is C12H12FN3O4. The number of nitrogens with one attached hydrogen (secondary N) is 1. The number of rotatable bonds is 2. The molecule has 1 fully saturated rings. The molecule has 8 heteroatoms. The van der Waals surface area contributed by atoms with E-state index in [9.17, 15) is 24.1 Å². The van der Waals surface area contributed by atoms with Gasteiger partial charge < -0.3 is 10.2 Å². The Hall–Kier alpha value is -2.51. The average Bonchev–Trinajstić information content (AvgIpc) is 2.62. The summed E-state index contributed by atoms with van der Waals surface area (Å²) in [5.74, 6) is -1.75. The minimum Gasteiger partial charge on any atom is -0.354 e. The van der Waals surface area contributed by atoms with E-state index >= 15 is 0 Å². The maximum absolute atomic E-state index is 13.0. The van der Waals surface area contributed by atoms with Gasteiger partial charge in [0.1, 0.15) is 11.4 Å². The Morgan fingerprint density at radius 2 is 2.20 bits per heavy atom. The standard InChI is InChI=1S/C12H12FN3O4/c13-8-2-3-9(10(6-8)16(19)20)12(18)15-5-1-4-14-11(17)7-15/h2-3,6H,1,4-5,7H2,(H,14,17). The van der Waals surface area contributed by atoms with Crippen LogP contribution in [-0.4, -0.2) is 41.3 Å². The van der Waals surface area contributed by atoms with Crippen molar-refractivity contribution < 1.29 is 18.9 Å². The fraction of sp³-hybridized carbons (Fsp3) is 0.333. The molecule has 1 aromatic carbocycles. The van der Waals surface area contributed by atoms with E-state index in [-0.39, 0.29) is 18.0 Å². The molecule has 2 amide bonds. The highest BCUT2D eigenvalue weighted by molar-refractivity contribution is 6.00. The number of hydrogen-bond donors (Lipinski definition) is 1. The number of benzene rings is 1. The second-order valence-corrected chi connectivity index (χ2v) is 4.35. The van der Waals surface area contributed by atoms with Crippen molar-refractivity contribution in [2.45, 2.75) is 6.42 Å². The van der Waals surface area contributed by atoms with Crippen LogP contribution in [-0.2, 0) is 4.79 Å². The quantitative estimate of drug-likeness (QED) is 0.637. The molecule has 0 saturated carbocycles. The van der Waals surface area contributed by atoms with Gasteiger partial charge in [-0.25, -0.2) is 4.39 Å². The van der Waals surface area contributed by atoms with Crippen molar-refractivity contribution in [3.63, 3.8) is 0 Å². The molecule has 1 aliphatic rings. The number of carbonyl (C=O) groups is 2. The minimum atomic E-state index is -0.811. The summed E-state index contributed by atoms with van der Waals surface area (Å²) in [6.45, 7) is 0.605. The normalized spacial score (nSPS) is 15.4. The van der Waals surface area contributed by atoms with Gasteiger partial charge in [-0.15, -0.1) is 0 Å². The molecule has 7 nitrogen and oxygen atoms in total. The molecule has 1 N–H and O–H groups in total. The maximum atomic E-state index is 13.0. The van der Waals surface area contributed by atoms with Gasteiger partial charge in [-0.1, -0.05) is 0 Å². The van der Waals surface area contributed by atoms with Crippen LogP contribution in [0.1, 0.15) is 16.8 Å². The van der Waals surface area contributed by atoms with E-state index in [1.165, 1.54) is 4.90 Å². The van der Waals surface area contributed by atoms with Crippen LogP contribution >= 0.6 is 0 Å². The third-order valence-electron chi connectivity index (χ3n) is 2.94. The van der Waals surface area contributed by atoms with Crippen LogP contribution in [0.2, 0.25) is 0 Å². The Labute approximate surface area is 113 Å². The molecule has 1 saturated heterocycles. The summed E-state index contributed by atoms with van der Waals surface area (Å²) in [5.41, 5.74) is -0.814. The summed E-state index contributed by atoms with van der Waals surface area (Å²) >= 11 is 0. The molecule has 0 aromatic heterocycles. The Morgan fingerprint density at radius 1 is 1.45 bits per heavy atom. The van der Waals surface area contributed by atoms with Gasteiger partial charge >= 0.3 is 0 Å². The first kappa shape index (κ1) is 13.9. The molecule has 106 valence electrons. The van der Waals surface area contributed by atoms with E-state index in [4.69, 9.17) is 0 Å². The van der Waals surface area contributed by atoms with E-state index in [1.54, 1.807) is 0 Å². The summed E-state index contributed by atoms with van der Waals surface area (Å²) in [4.78, 5) is 35.0. The SMILES string of the molecule is O=C1CN(C(=O)c2ccc(F)cc2[N+](=O)[O-])CCCN1. The molecular weight excluding hydrogens is 269 g/mol. The predicted molar refractivity (Wildman–Crippen MR) is 66.6 cm³/mol. The third-order valence-corrected chi connectivity index (χ3v) is 2.94. The Kier molecular flexibility index (Phi) is 3.92. The number of amides is 2. The van der Waals surface area contributed by atoms with Gasteiger partial charge in [-0.3, -0.25) is 19.7 Å². The number of nitro benzene ring substituents is 1. The molecule has 0 bridgehead atoms. The molecule has 2 rings (SSSR count). The summed E-state index contributed by atoms with van der Waals surface area (Å²) in [5, 5.41) is 13.5. The van der Waals surface area contributed by atoms with Crippen LogP contribution in [0, 0.1) is 15.9 Å². The minimum absolute atomic E-state index is 0.159. The fourth-order valence-electron chi connectivity index (χ4n) is 1.99. The van der Waals surface area contributed by atoms with E-state index in [1.807, 2.05) is 0 Å². The summed E-state index contributed by atoms with van der Waals surface area (Å²) in [6, 6.07) is 2.75. The molecule has 0 radical (unpaired) electrons. The number of halogens is 1. The molecule has 0 atom stereocenters. The van der Waals surface area contributed by atoms with Crippen molar-refractivity contribution in [3.8, 4) is 0 Å². The van der Waals surface area contributed by atoms with Gasteiger partial charge in [0.05, 0.1) is 17.5 Å². The lowest BCUT2D eigenvalue weighted by molar-refractivity contribution is -0.385. The van der Waals surface area contributed by atoms with Gasteiger partial charge in [0, 0.05) is 13.1 Å². The Bertz CT molecular complexity index is 576. The highest BCUT2D eigenvalue weighted by atomic mass is 19.1. The number of carbonyl (C=O) groups excluding carboxylic acids is 2. The Morgan fingerprint density at radius 3 is 2.90 bits per heavy atom. The van der Waals surface area contributed by atoms with Crippen molar-refractivity contribution in [1.29, 1.82) is 0 Å². The summed E-state index contributed by atoms with van der Waals surface area (Å²) in [7, 11) is 0. The van der Waals surface area contributed by atoms with Gasteiger partial charge in [0.15, 0.2) is 0 Å². The zero-order valence-corrected chi connectivity index (χ0v) is 10.5. The first-order chi connectivity index (χ1) is 9.49. The van der Waals surface area contributed by atoms with E-state index in [0.29, 0.717) is 25.6 Å². The molecule has 1 heterocycles. The molecule has 20 heavy (non-hydrogen) atoms. The van der Waals surface area contributed by atoms with Crippen LogP contribution in [0.25, 0.3) is 0 Å². The highest BCUT2D eigenvalue weighted by Crippen LogP contribution is 2.21. The molecule has 1 aromatic rings. The fourth-order valence-corrected chi connectivity index (χ4v) is 1.99. The lowest BCUT2D eigenvalue weighted by Gasteiger charge is -2.18. The first-order valence-corrected chi connectivity index (χ1v) is 5.99. The lowest BCUT2D eigenvalue weighted by atomic mass is 10.1. The van der Waals surface area contributed by atoms with E-state index in [2.05, 4.69) is 5.32 Å². The third kappa shape index (κ3) is 2.90. The zero-order valence-electron chi connectivity index (χ0n) is 10.5. The van der Waals surface area contributed by atoms with Gasteiger partial charge in [-0.2, -0.15) is 0 Å². The summed E-state index contributed by atoms with van der Waals surface area (Å²) < 4.78 is 13.0. The van der Waals surface area contributed by atoms with Crippen LogP contribution in [0.3, 0.4) is 0 Å². The highest BCUT2D eigenvalue weighted by Gasteiger charge is 2.27. The molecule has 0 aliphatic carbocycles. The first-order valence-electron chi connectivity index (χ1n) is 5.99. The number of nitro groups is 1. The predicted octanol–water partition coefficient (Wildman–Crippen LogP) is 0.696. The van der Waals surface area contributed by atoms with Crippen molar-refractivity contribution in [1.82, 2.24) is 10.2 Å². The zero-order chi connectivity index (χ0) is 14.7. The monoisotopic (exact) mass is 281 g/mol. The van der Waals surface area contributed by atoms with Gasteiger partial charge in [-0.05, 0) is 18.6 Å². The van der Waals surface area contributed by atoms with Crippen molar-refractivity contribution in [2.24, 2.45) is 0 Å². The smallest absolute Gasteiger partial charge is 0.285 e. The van der Waals surface area contributed by atoms with Crippen molar-refractivity contribution in [2.75, 3.05) is 19.6 Å². The van der Waals surface area contributed by atoms with E-state index in [0.717, 1.165) is 12.1 Å². The van der Waals surface area contributed by atoms with Crippen molar-refractivity contribution in [3.05, 3.63) is 39.7 Å². The Balaban J connectivity index is 2.32. The van der Waals surface area contributed by atoms with Gasteiger partial charge in [0.2, 0.25) is 5.91 Å². The maximum Gasteiger partial charge on any atom is 0.285 e. The van der Waals surface area contributed by atoms with Crippen molar-refractivity contribution >= 4 is 17.5 Å². The van der Waals surface area contributed by atoms with Crippen LogP contribution < -0.4 is 5.32 Å². The largest absolute Gasteiger partial charge is 0.354 e.